The molecule has 0 radical (unpaired) electrons. The van der Waals surface area contributed by atoms with E-state index in [1.54, 1.807) is 18.2 Å². The first kappa shape index (κ1) is 18.5. The lowest BCUT2D eigenvalue weighted by Gasteiger charge is -2.09. The number of hydrogen-bond acceptors (Lipinski definition) is 5. The largest absolute Gasteiger partial charge is 0.291 e. The predicted molar refractivity (Wildman–Crippen MR) is 91.9 cm³/mol. The van der Waals surface area contributed by atoms with E-state index in [9.17, 15) is 29.4 Å². The van der Waals surface area contributed by atoms with Gasteiger partial charge in [0.25, 0.3) is 17.9 Å². The summed E-state index contributed by atoms with van der Waals surface area (Å²) in [6.45, 7) is 0. The van der Waals surface area contributed by atoms with Gasteiger partial charge in [-0.25, -0.2) is 4.39 Å². The Bertz CT molecular complexity index is 1010. The number of rotatable bonds is 4. The summed E-state index contributed by atoms with van der Waals surface area (Å²) in [5, 5.41) is 23.1. The number of nitriles is 1. The van der Waals surface area contributed by atoms with Crippen LogP contribution < -0.4 is 5.32 Å². The molecule has 0 bridgehead atoms. The average Bonchev–Trinajstić information content (AvgIpc) is 3.33. The number of carbonyl (C=O) groups is 2. The van der Waals surface area contributed by atoms with Crippen molar-refractivity contribution >= 4 is 23.4 Å². The zero-order valence-corrected chi connectivity index (χ0v) is 14.3. The van der Waals surface area contributed by atoms with Gasteiger partial charge in [-0.2, -0.15) is 5.26 Å². The van der Waals surface area contributed by atoms with Gasteiger partial charge in [0.05, 0.1) is 17.6 Å². The lowest BCUT2D eigenvalue weighted by molar-refractivity contribution is -0.500. The van der Waals surface area contributed by atoms with Crippen LogP contribution in [0.3, 0.4) is 0 Å². The number of hydrogen-bond donors (Lipinski definition) is 1. The van der Waals surface area contributed by atoms with Crippen LogP contribution in [0, 0.1) is 32.7 Å². The third-order valence-corrected chi connectivity index (χ3v) is 4.88. The minimum Gasteiger partial charge on any atom is -0.291 e. The maximum absolute atomic E-state index is 13.7. The van der Waals surface area contributed by atoms with Gasteiger partial charge in [-0.1, -0.05) is 41.9 Å². The minimum atomic E-state index is -2.12. The molecule has 7 nitrogen and oxygen atoms in total. The van der Waals surface area contributed by atoms with E-state index in [1.165, 1.54) is 24.3 Å². The van der Waals surface area contributed by atoms with Crippen LogP contribution >= 0.6 is 11.6 Å². The lowest BCUT2D eigenvalue weighted by Crippen LogP contribution is -2.39. The molecular weight excluding hydrogens is 377 g/mol. The molecule has 3 rings (SSSR count). The molecule has 1 saturated carbocycles. The van der Waals surface area contributed by atoms with Crippen LogP contribution in [-0.4, -0.2) is 22.8 Å². The van der Waals surface area contributed by atoms with Crippen molar-refractivity contribution in [1.82, 2.24) is 5.32 Å². The fraction of sp³-hybridized carbons (Fsp3) is 0.167. The number of carbonyl (C=O) groups excluding carboxylic acids is 2. The summed E-state index contributed by atoms with van der Waals surface area (Å²) >= 11 is 6.06. The van der Waals surface area contributed by atoms with Crippen LogP contribution in [0.25, 0.3) is 0 Å². The zero-order chi connectivity index (χ0) is 19.8. The van der Waals surface area contributed by atoms with Crippen LogP contribution in [0.4, 0.5) is 4.39 Å². The van der Waals surface area contributed by atoms with Crippen molar-refractivity contribution in [1.29, 1.82) is 5.26 Å². The molecule has 0 heterocycles. The Morgan fingerprint density at radius 2 is 1.85 bits per heavy atom. The number of halogens is 2. The molecule has 1 aliphatic rings. The minimum absolute atomic E-state index is 0.166. The molecule has 0 aliphatic heterocycles. The van der Waals surface area contributed by atoms with Crippen LogP contribution in [0.15, 0.2) is 48.5 Å². The van der Waals surface area contributed by atoms with Crippen molar-refractivity contribution < 1.29 is 18.9 Å². The van der Waals surface area contributed by atoms with Crippen LogP contribution in [0.2, 0.25) is 5.02 Å². The Kier molecular flexibility index (Phi) is 4.64. The Hall–Kier alpha value is -3.31. The third kappa shape index (κ3) is 2.92. The van der Waals surface area contributed by atoms with Gasteiger partial charge in [0.15, 0.2) is 0 Å². The summed E-state index contributed by atoms with van der Waals surface area (Å²) in [5.41, 5.74) is -2.27. The quantitative estimate of drug-likeness (QED) is 0.492. The highest BCUT2D eigenvalue weighted by atomic mass is 35.5. The van der Waals surface area contributed by atoms with E-state index in [0.29, 0.717) is 0 Å². The smallest absolute Gasteiger partial charge is 0.260 e. The second kappa shape index (κ2) is 6.78. The first-order valence-corrected chi connectivity index (χ1v) is 8.12. The standard InChI is InChI=1S/C18H11ClFN3O4/c19-12-7-3-1-5-10(12)14-15(23(26)27)18(14,9-21)17(25)22-16(24)11-6-2-4-8-13(11)20/h1-8,14-15H,(H,22,24,25)/t14-,15-,18+/m0/s1. The summed E-state index contributed by atoms with van der Waals surface area (Å²) < 4.78 is 13.7. The molecular formula is C18H11ClFN3O4. The highest BCUT2D eigenvalue weighted by Gasteiger charge is 2.80. The monoisotopic (exact) mass is 387 g/mol. The molecule has 1 N–H and O–H groups in total. The molecule has 9 heteroatoms. The highest BCUT2D eigenvalue weighted by molar-refractivity contribution is 6.31. The predicted octanol–water partition coefficient (Wildman–Crippen LogP) is 2.69. The topological polar surface area (TPSA) is 113 Å². The molecule has 2 amide bonds. The van der Waals surface area contributed by atoms with E-state index in [2.05, 4.69) is 0 Å². The van der Waals surface area contributed by atoms with E-state index in [-0.39, 0.29) is 10.6 Å². The molecule has 1 aliphatic carbocycles. The highest BCUT2D eigenvalue weighted by Crippen LogP contribution is 2.61. The van der Waals surface area contributed by atoms with Gasteiger partial charge in [0.2, 0.25) is 5.41 Å². The number of imide groups is 1. The van der Waals surface area contributed by atoms with Crippen LogP contribution in [0.5, 0.6) is 0 Å². The molecule has 2 aromatic carbocycles. The summed E-state index contributed by atoms with van der Waals surface area (Å²) in [4.78, 5) is 35.5. The summed E-state index contributed by atoms with van der Waals surface area (Å²) in [6, 6.07) is 11.2. The Balaban J connectivity index is 1.94. The zero-order valence-electron chi connectivity index (χ0n) is 13.6. The molecule has 3 atom stereocenters. The van der Waals surface area contributed by atoms with Gasteiger partial charge in [0.1, 0.15) is 5.82 Å². The SMILES string of the molecule is N#C[C@]1(C(=O)NC(=O)c2ccccc2F)[C@@H]([N+](=O)[O-])[C@@H]1c1ccccc1Cl. The fourth-order valence-corrected chi connectivity index (χ4v) is 3.43. The average molecular weight is 388 g/mol. The number of benzene rings is 2. The van der Waals surface area contributed by atoms with Gasteiger partial charge in [-0.15, -0.1) is 0 Å². The molecule has 1 fully saturated rings. The van der Waals surface area contributed by atoms with Gasteiger partial charge in [-0.05, 0) is 23.8 Å². The maximum atomic E-state index is 13.7. The fourth-order valence-electron chi connectivity index (χ4n) is 3.18. The normalized spacial score (nSPS) is 23.1. The molecule has 0 aromatic heterocycles. The Labute approximate surface area is 157 Å². The second-order valence-corrected chi connectivity index (χ2v) is 6.38. The Morgan fingerprint density at radius 1 is 1.22 bits per heavy atom. The van der Waals surface area contributed by atoms with Gasteiger partial charge in [0, 0.05) is 9.95 Å². The van der Waals surface area contributed by atoms with Gasteiger partial charge < -0.3 is 0 Å². The molecule has 27 heavy (non-hydrogen) atoms. The van der Waals surface area contributed by atoms with Crippen LogP contribution in [-0.2, 0) is 4.79 Å². The molecule has 0 saturated heterocycles. The number of nitrogens with zero attached hydrogens (tertiary/aromatic N) is 2. The van der Waals surface area contributed by atoms with E-state index >= 15 is 0 Å². The molecule has 0 spiro atoms. The second-order valence-electron chi connectivity index (χ2n) is 5.97. The summed E-state index contributed by atoms with van der Waals surface area (Å²) in [5.74, 6) is -4.23. The molecule has 2 aromatic rings. The van der Waals surface area contributed by atoms with Crippen molar-refractivity contribution in [2.75, 3.05) is 0 Å². The van der Waals surface area contributed by atoms with Crippen molar-refractivity contribution in [2.45, 2.75) is 12.0 Å². The molecule has 0 unspecified atom stereocenters. The Morgan fingerprint density at radius 3 is 2.44 bits per heavy atom. The number of nitro groups is 1. The summed E-state index contributed by atoms with van der Waals surface area (Å²) in [6.07, 6.45) is 0. The van der Waals surface area contributed by atoms with E-state index in [1.807, 2.05) is 5.32 Å². The van der Waals surface area contributed by atoms with Crippen LogP contribution in [0.1, 0.15) is 21.8 Å². The van der Waals surface area contributed by atoms with Gasteiger partial charge >= 0.3 is 0 Å². The van der Waals surface area contributed by atoms with Crippen molar-refractivity contribution in [2.24, 2.45) is 5.41 Å². The number of amides is 2. The van der Waals surface area contributed by atoms with E-state index < -0.39 is 45.5 Å². The van der Waals surface area contributed by atoms with E-state index in [0.717, 1.165) is 12.1 Å². The summed E-state index contributed by atoms with van der Waals surface area (Å²) in [7, 11) is 0. The third-order valence-electron chi connectivity index (χ3n) is 4.54. The van der Waals surface area contributed by atoms with Crippen molar-refractivity contribution in [3.05, 3.63) is 80.6 Å². The van der Waals surface area contributed by atoms with E-state index in [4.69, 9.17) is 11.6 Å². The maximum Gasteiger partial charge on any atom is 0.260 e. The van der Waals surface area contributed by atoms with Crippen molar-refractivity contribution in [3.8, 4) is 6.07 Å². The lowest BCUT2D eigenvalue weighted by atomic mass is 9.99. The first-order chi connectivity index (χ1) is 12.8. The first-order valence-electron chi connectivity index (χ1n) is 7.74. The molecule has 136 valence electrons. The van der Waals surface area contributed by atoms with Gasteiger partial charge in [-0.3, -0.25) is 25.0 Å². The number of nitrogens with one attached hydrogen (secondary N) is 1. The van der Waals surface area contributed by atoms with Crippen molar-refractivity contribution in [3.63, 3.8) is 0 Å².